The molecule has 0 radical (unpaired) electrons. The van der Waals surface area contributed by atoms with Gasteiger partial charge in [-0.3, -0.25) is 4.68 Å². The van der Waals surface area contributed by atoms with Crippen molar-refractivity contribution >= 4 is 0 Å². The second kappa shape index (κ2) is 5.35. The lowest BCUT2D eigenvalue weighted by atomic mass is 10.2. The maximum atomic E-state index is 4.25. The van der Waals surface area contributed by atoms with E-state index in [4.69, 9.17) is 0 Å². The number of nitrogens with zero attached hydrogens (tertiary/aromatic N) is 4. The summed E-state index contributed by atoms with van der Waals surface area (Å²) in [7, 11) is 3.99. The van der Waals surface area contributed by atoms with Gasteiger partial charge in [0.2, 0.25) is 0 Å². The van der Waals surface area contributed by atoms with Gasteiger partial charge in [0, 0.05) is 45.0 Å². The SMILES string of the molecule is Cc1cc(CNCCc2ncn(C)n2)c(C)n1C. The summed E-state index contributed by atoms with van der Waals surface area (Å²) in [5, 5.41) is 7.69. The smallest absolute Gasteiger partial charge is 0.151 e. The Kier molecular flexibility index (Phi) is 3.81. The number of rotatable bonds is 5. The second-order valence-electron chi connectivity index (χ2n) is 4.72. The van der Waals surface area contributed by atoms with Crippen LogP contribution in [0.5, 0.6) is 0 Å². The summed E-state index contributed by atoms with van der Waals surface area (Å²) in [6, 6.07) is 2.24. The van der Waals surface area contributed by atoms with Crippen molar-refractivity contribution in [2.75, 3.05) is 6.54 Å². The van der Waals surface area contributed by atoms with Crippen LogP contribution in [0.4, 0.5) is 0 Å². The minimum absolute atomic E-state index is 0.867. The largest absolute Gasteiger partial charge is 0.352 e. The van der Waals surface area contributed by atoms with Crippen LogP contribution in [0.2, 0.25) is 0 Å². The van der Waals surface area contributed by atoms with E-state index < -0.39 is 0 Å². The number of aryl methyl sites for hydroxylation is 2. The molecule has 0 saturated carbocycles. The number of hydrogen-bond acceptors (Lipinski definition) is 3. The maximum absolute atomic E-state index is 4.25. The van der Waals surface area contributed by atoms with Gasteiger partial charge in [-0.05, 0) is 25.5 Å². The van der Waals surface area contributed by atoms with Gasteiger partial charge in [0.15, 0.2) is 5.82 Å². The van der Waals surface area contributed by atoms with Crippen molar-refractivity contribution in [2.45, 2.75) is 26.8 Å². The number of nitrogens with one attached hydrogen (secondary N) is 1. The highest BCUT2D eigenvalue weighted by Crippen LogP contribution is 2.12. The van der Waals surface area contributed by atoms with E-state index in [1.165, 1.54) is 17.0 Å². The zero-order valence-electron chi connectivity index (χ0n) is 11.6. The molecule has 0 amide bonds. The van der Waals surface area contributed by atoms with Crippen molar-refractivity contribution in [1.82, 2.24) is 24.6 Å². The minimum atomic E-state index is 0.867. The summed E-state index contributed by atoms with van der Waals surface area (Å²) in [5.74, 6) is 0.894. The summed E-state index contributed by atoms with van der Waals surface area (Å²) in [5.41, 5.74) is 4.00. The molecule has 0 fully saturated rings. The zero-order chi connectivity index (χ0) is 13.1. The van der Waals surface area contributed by atoms with Crippen LogP contribution in [-0.4, -0.2) is 25.9 Å². The lowest BCUT2D eigenvalue weighted by molar-refractivity contribution is 0.658. The summed E-state index contributed by atoms with van der Waals surface area (Å²) >= 11 is 0. The van der Waals surface area contributed by atoms with E-state index in [2.05, 4.69) is 46.9 Å². The minimum Gasteiger partial charge on any atom is -0.352 e. The fourth-order valence-corrected chi connectivity index (χ4v) is 2.03. The van der Waals surface area contributed by atoms with Gasteiger partial charge in [0.1, 0.15) is 6.33 Å². The van der Waals surface area contributed by atoms with Gasteiger partial charge in [0.25, 0.3) is 0 Å². The van der Waals surface area contributed by atoms with Crippen molar-refractivity contribution in [1.29, 1.82) is 0 Å². The van der Waals surface area contributed by atoms with E-state index in [0.29, 0.717) is 0 Å². The van der Waals surface area contributed by atoms with E-state index in [9.17, 15) is 0 Å². The molecule has 1 N–H and O–H groups in total. The third-order valence-electron chi connectivity index (χ3n) is 3.37. The lowest BCUT2D eigenvalue weighted by Gasteiger charge is -2.04. The molecule has 0 saturated heterocycles. The third kappa shape index (κ3) is 2.79. The topological polar surface area (TPSA) is 47.7 Å². The molecule has 2 heterocycles. The Balaban J connectivity index is 1.80. The van der Waals surface area contributed by atoms with Crippen molar-refractivity contribution in [3.63, 3.8) is 0 Å². The molecule has 0 aliphatic carbocycles. The molecule has 0 aliphatic rings. The first kappa shape index (κ1) is 12.8. The highest BCUT2D eigenvalue weighted by molar-refractivity contribution is 5.26. The summed E-state index contributed by atoms with van der Waals surface area (Å²) < 4.78 is 3.96. The molecule has 0 aromatic carbocycles. The molecule has 2 aromatic heterocycles. The Morgan fingerprint density at radius 1 is 1.28 bits per heavy atom. The third-order valence-corrected chi connectivity index (χ3v) is 3.37. The van der Waals surface area contributed by atoms with Crippen LogP contribution in [-0.2, 0) is 27.1 Å². The fraction of sp³-hybridized carbons (Fsp3) is 0.538. The first-order valence-electron chi connectivity index (χ1n) is 6.25. The maximum Gasteiger partial charge on any atom is 0.151 e. The highest BCUT2D eigenvalue weighted by atomic mass is 15.3. The molecule has 0 aliphatic heterocycles. The molecule has 5 nitrogen and oxygen atoms in total. The predicted octanol–water partition coefficient (Wildman–Crippen LogP) is 1.10. The molecule has 0 unspecified atom stereocenters. The van der Waals surface area contributed by atoms with E-state index in [0.717, 1.165) is 25.3 Å². The number of hydrogen-bond donors (Lipinski definition) is 1. The summed E-state index contributed by atoms with van der Waals surface area (Å²) in [4.78, 5) is 4.20. The van der Waals surface area contributed by atoms with Crippen molar-refractivity contribution in [3.05, 3.63) is 35.2 Å². The van der Waals surface area contributed by atoms with Crippen LogP contribution in [0.25, 0.3) is 0 Å². The quantitative estimate of drug-likeness (QED) is 0.805. The monoisotopic (exact) mass is 247 g/mol. The first-order valence-corrected chi connectivity index (χ1v) is 6.25. The highest BCUT2D eigenvalue weighted by Gasteiger charge is 2.05. The summed E-state index contributed by atoms with van der Waals surface area (Å²) in [6.45, 7) is 6.09. The normalized spacial score (nSPS) is 11.1. The Labute approximate surface area is 108 Å². The molecule has 2 aromatic rings. The molecule has 0 spiro atoms. The second-order valence-corrected chi connectivity index (χ2v) is 4.72. The molecular weight excluding hydrogens is 226 g/mol. The molecule has 98 valence electrons. The molecule has 5 heteroatoms. The Morgan fingerprint density at radius 3 is 2.61 bits per heavy atom. The molecule has 0 atom stereocenters. The van der Waals surface area contributed by atoms with Crippen LogP contribution in [0.15, 0.2) is 12.4 Å². The average molecular weight is 247 g/mol. The predicted molar refractivity (Wildman–Crippen MR) is 71.3 cm³/mol. The van der Waals surface area contributed by atoms with Crippen molar-refractivity contribution in [2.24, 2.45) is 14.1 Å². The Bertz CT molecular complexity index is 523. The van der Waals surface area contributed by atoms with Gasteiger partial charge >= 0.3 is 0 Å². The average Bonchev–Trinajstić information content (AvgIpc) is 2.85. The van der Waals surface area contributed by atoms with Gasteiger partial charge < -0.3 is 9.88 Å². The molecule has 2 rings (SSSR count). The van der Waals surface area contributed by atoms with Crippen LogP contribution in [0.1, 0.15) is 22.8 Å². The van der Waals surface area contributed by atoms with Gasteiger partial charge in [-0.15, -0.1) is 0 Å². The van der Waals surface area contributed by atoms with Crippen LogP contribution < -0.4 is 5.32 Å². The van der Waals surface area contributed by atoms with Gasteiger partial charge in [-0.1, -0.05) is 0 Å². The summed E-state index contributed by atoms with van der Waals surface area (Å²) in [6.07, 6.45) is 2.60. The Hall–Kier alpha value is -1.62. The first-order chi connectivity index (χ1) is 8.58. The van der Waals surface area contributed by atoms with Gasteiger partial charge in [0.05, 0.1) is 0 Å². The fourth-order valence-electron chi connectivity index (χ4n) is 2.03. The molecule has 0 bridgehead atoms. The van der Waals surface area contributed by atoms with E-state index in [-0.39, 0.29) is 0 Å². The van der Waals surface area contributed by atoms with Crippen LogP contribution in [0.3, 0.4) is 0 Å². The van der Waals surface area contributed by atoms with E-state index >= 15 is 0 Å². The molecular formula is C13H21N5. The van der Waals surface area contributed by atoms with E-state index in [1.807, 2.05) is 7.05 Å². The lowest BCUT2D eigenvalue weighted by Crippen LogP contribution is -2.17. The van der Waals surface area contributed by atoms with E-state index in [1.54, 1.807) is 11.0 Å². The number of aromatic nitrogens is 4. The van der Waals surface area contributed by atoms with Gasteiger partial charge in [-0.25, -0.2) is 4.98 Å². The van der Waals surface area contributed by atoms with Crippen molar-refractivity contribution < 1.29 is 0 Å². The molecule has 18 heavy (non-hydrogen) atoms. The standard InChI is InChI=1S/C13H21N5/c1-10-7-12(11(2)18(10)4)8-14-6-5-13-15-9-17(3)16-13/h7,9,14H,5-6,8H2,1-4H3. The van der Waals surface area contributed by atoms with Crippen LogP contribution >= 0.6 is 0 Å². The van der Waals surface area contributed by atoms with Crippen molar-refractivity contribution in [3.8, 4) is 0 Å². The van der Waals surface area contributed by atoms with Crippen LogP contribution in [0, 0.1) is 13.8 Å². The zero-order valence-corrected chi connectivity index (χ0v) is 11.6. The van der Waals surface area contributed by atoms with Gasteiger partial charge in [-0.2, -0.15) is 5.10 Å². The Morgan fingerprint density at radius 2 is 2.06 bits per heavy atom.